The Morgan fingerprint density at radius 3 is 2.83 bits per heavy atom. The van der Waals surface area contributed by atoms with Crippen molar-refractivity contribution in [2.75, 3.05) is 24.3 Å². The van der Waals surface area contributed by atoms with E-state index in [9.17, 15) is 14.9 Å². The van der Waals surface area contributed by atoms with Gasteiger partial charge in [-0.3, -0.25) is 14.9 Å². The zero-order valence-corrected chi connectivity index (χ0v) is 11.2. The maximum atomic E-state index is 11.7. The molecule has 0 spiro atoms. The van der Waals surface area contributed by atoms with Crippen LogP contribution in [0.15, 0.2) is 12.1 Å². The molecule has 1 aromatic carbocycles. The Balaban J connectivity index is 2.96. The largest absolute Gasteiger partial charge is 0.392 e. The molecule has 0 aliphatic carbocycles. The average Bonchev–Trinajstić information content (AvgIpc) is 2.32. The van der Waals surface area contributed by atoms with Crippen LogP contribution in [0.2, 0.25) is 5.02 Å². The quantitative estimate of drug-likeness (QED) is 0.373. The molecule has 0 saturated heterocycles. The lowest BCUT2D eigenvalue weighted by molar-refractivity contribution is -0.383. The average molecular weight is 290 g/mol. The number of rotatable bonds is 5. The van der Waals surface area contributed by atoms with Crippen molar-refractivity contribution in [3.05, 3.63) is 32.8 Å². The van der Waals surface area contributed by atoms with Gasteiger partial charge in [-0.1, -0.05) is 11.6 Å². The summed E-state index contributed by atoms with van der Waals surface area (Å²) in [5.41, 5.74) is 5.09. The molecule has 98 valence electrons. The van der Waals surface area contributed by atoms with Crippen LogP contribution in [0, 0.1) is 10.1 Å². The molecule has 0 heterocycles. The fraction of sp³-hybridized carbons (Fsp3) is 0.300. The topological polar surface area (TPSA) is 98.3 Å². The minimum Gasteiger partial charge on any atom is -0.392 e. The lowest BCUT2D eigenvalue weighted by atomic mass is 10.1. The number of nitrogens with zero attached hydrogens (tertiary/aromatic N) is 1. The standard InChI is InChI=1S/C10H12ClN3O3S/c1-18-3-2-13-10(15)6-4-7(11)9(12)8(5-6)14(16)17/h4-5H,2-3,12H2,1H3,(H,13,15). The monoisotopic (exact) mass is 289 g/mol. The third-order valence-corrected chi connectivity index (χ3v) is 3.08. The minimum atomic E-state index is -0.667. The van der Waals surface area contributed by atoms with Gasteiger partial charge < -0.3 is 11.1 Å². The van der Waals surface area contributed by atoms with E-state index >= 15 is 0 Å². The smallest absolute Gasteiger partial charge is 0.294 e. The summed E-state index contributed by atoms with van der Waals surface area (Å²) < 4.78 is 0. The van der Waals surface area contributed by atoms with E-state index in [4.69, 9.17) is 17.3 Å². The molecule has 0 radical (unpaired) electrons. The molecule has 6 nitrogen and oxygen atoms in total. The maximum Gasteiger partial charge on any atom is 0.294 e. The SMILES string of the molecule is CSCCNC(=O)c1cc(Cl)c(N)c([N+](=O)[O-])c1. The van der Waals surface area contributed by atoms with Crippen LogP contribution >= 0.6 is 23.4 Å². The Morgan fingerprint density at radius 2 is 2.28 bits per heavy atom. The normalized spacial score (nSPS) is 10.1. The predicted molar refractivity (Wildman–Crippen MR) is 73.2 cm³/mol. The van der Waals surface area contributed by atoms with Gasteiger partial charge in [0.1, 0.15) is 5.69 Å². The highest BCUT2D eigenvalue weighted by molar-refractivity contribution is 7.98. The first kappa shape index (κ1) is 14.6. The number of nitrogens with one attached hydrogen (secondary N) is 1. The minimum absolute atomic E-state index is 0.000725. The number of thioether (sulfide) groups is 1. The van der Waals surface area contributed by atoms with Gasteiger partial charge >= 0.3 is 0 Å². The van der Waals surface area contributed by atoms with Gasteiger partial charge in [0.05, 0.1) is 9.95 Å². The van der Waals surface area contributed by atoms with Crippen LogP contribution in [0.3, 0.4) is 0 Å². The molecule has 0 saturated carbocycles. The molecule has 8 heteroatoms. The summed E-state index contributed by atoms with van der Waals surface area (Å²) in [6.45, 7) is 0.482. The summed E-state index contributed by atoms with van der Waals surface area (Å²) in [7, 11) is 0. The van der Waals surface area contributed by atoms with Crippen molar-refractivity contribution in [2.24, 2.45) is 0 Å². The Morgan fingerprint density at radius 1 is 1.61 bits per heavy atom. The number of benzene rings is 1. The molecule has 0 bridgehead atoms. The second-order valence-corrected chi connectivity index (χ2v) is 4.79. The molecule has 0 aliphatic rings. The summed E-state index contributed by atoms with van der Waals surface area (Å²) in [6, 6.07) is 2.44. The molecule has 1 aromatic rings. The molecule has 1 amide bonds. The van der Waals surface area contributed by atoms with Crippen LogP contribution in [-0.2, 0) is 0 Å². The summed E-state index contributed by atoms with van der Waals surface area (Å²) in [6.07, 6.45) is 1.91. The fourth-order valence-corrected chi connectivity index (χ4v) is 1.77. The van der Waals surface area contributed by atoms with Crippen molar-refractivity contribution in [2.45, 2.75) is 0 Å². The number of anilines is 1. The zero-order valence-electron chi connectivity index (χ0n) is 9.60. The molecule has 1 rings (SSSR count). The van der Waals surface area contributed by atoms with Gasteiger partial charge in [0.2, 0.25) is 0 Å². The highest BCUT2D eigenvalue weighted by atomic mass is 35.5. The second-order valence-electron chi connectivity index (χ2n) is 3.40. The molecule has 0 unspecified atom stereocenters. The van der Waals surface area contributed by atoms with Crippen LogP contribution in [0.4, 0.5) is 11.4 Å². The summed E-state index contributed by atoms with van der Waals surface area (Å²) in [5, 5.41) is 13.4. The number of nitro benzene ring substituents is 1. The molecule has 0 aromatic heterocycles. The first-order chi connectivity index (χ1) is 8.47. The highest BCUT2D eigenvalue weighted by Crippen LogP contribution is 2.30. The van der Waals surface area contributed by atoms with Gasteiger partial charge in [-0.05, 0) is 12.3 Å². The number of nitrogen functional groups attached to an aromatic ring is 1. The van der Waals surface area contributed by atoms with Gasteiger partial charge in [-0.15, -0.1) is 0 Å². The molecule has 0 aliphatic heterocycles. The Kier molecular flexibility index (Phi) is 5.24. The maximum absolute atomic E-state index is 11.7. The van der Waals surface area contributed by atoms with Crippen LogP contribution < -0.4 is 11.1 Å². The number of nitrogens with two attached hydrogens (primary N) is 1. The first-order valence-corrected chi connectivity index (χ1v) is 6.75. The van der Waals surface area contributed by atoms with Gasteiger partial charge in [0, 0.05) is 23.9 Å². The molecule has 0 atom stereocenters. The van der Waals surface area contributed by atoms with E-state index in [0.717, 1.165) is 11.8 Å². The lowest BCUT2D eigenvalue weighted by Crippen LogP contribution is -2.25. The van der Waals surface area contributed by atoms with E-state index in [1.165, 1.54) is 6.07 Å². The predicted octanol–water partition coefficient (Wildman–Crippen LogP) is 1.92. The van der Waals surface area contributed by atoms with Crippen LogP contribution in [0.25, 0.3) is 0 Å². The zero-order chi connectivity index (χ0) is 13.7. The molecule has 0 fully saturated rings. The molecular weight excluding hydrogens is 278 g/mol. The van der Waals surface area contributed by atoms with E-state index in [2.05, 4.69) is 5.32 Å². The highest BCUT2D eigenvalue weighted by Gasteiger charge is 2.19. The van der Waals surface area contributed by atoms with Crippen molar-refractivity contribution in [3.8, 4) is 0 Å². The van der Waals surface area contributed by atoms with Crippen LogP contribution in [0.5, 0.6) is 0 Å². The van der Waals surface area contributed by atoms with E-state index in [-0.39, 0.29) is 22.0 Å². The van der Waals surface area contributed by atoms with Gasteiger partial charge in [0.25, 0.3) is 11.6 Å². The Bertz CT molecular complexity index is 482. The summed E-state index contributed by atoms with van der Waals surface area (Å²) in [5.74, 6) is 0.352. The molecule has 18 heavy (non-hydrogen) atoms. The van der Waals surface area contributed by atoms with Crippen LogP contribution in [-0.4, -0.2) is 29.4 Å². The van der Waals surface area contributed by atoms with Crippen molar-refractivity contribution < 1.29 is 9.72 Å². The van der Waals surface area contributed by atoms with Crippen molar-refractivity contribution >= 4 is 40.6 Å². The molecule has 3 N–H and O–H groups in total. The molecular formula is C10H12ClN3O3S. The van der Waals surface area contributed by atoms with E-state index < -0.39 is 10.8 Å². The summed E-state index contributed by atoms with van der Waals surface area (Å²) in [4.78, 5) is 21.8. The van der Waals surface area contributed by atoms with Gasteiger partial charge in [-0.2, -0.15) is 11.8 Å². The van der Waals surface area contributed by atoms with Crippen molar-refractivity contribution in [1.29, 1.82) is 0 Å². The van der Waals surface area contributed by atoms with E-state index in [1.54, 1.807) is 11.8 Å². The van der Waals surface area contributed by atoms with E-state index in [0.29, 0.717) is 6.54 Å². The fourth-order valence-electron chi connectivity index (χ4n) is 1.25. The van der Waals surface area contributed by atoms with Gasteiger partial charge in [-0.25, -0.2) is 0 Å². The third-order valence-electron chi connectivity index (χ3n) is 2.16. The number of hydrogen-bond donors (Lipinski definition) is 2. The van der Waals surface area contributed by atoms with Gasteiger partial charge in [0.15, 0.2) is 0 Å². The first-order valence-electron chi connectivity index (χ1n) is 4.98. The number of nitro groups is 1. The number of carbonyl (C=O) groups is 1. The lowest BCUT2D eigenvalue weighted by Gasteiger charge is -2.06. The number of halogens is 1. The number of amides is 1. The van der Waals surface area contributed by atoms with E-state index in [1.807, 2.05) is 6.26 Å². The summed E-state index contributed by atoms with van der Waals surface area (Å²) >= 11 is 7.34. The van der Waals surface area contributed by atoms with Crippen molar-refractivity contribution in [3.63, 3.8) is 0 Å². The van der Waals surface area contributed by atoms with Crippen LogP contribution in [0.1, 0.15) is 10.4 Å². The number of hydrogen-bond acceptors (Lipinski definition) is 5. The Labute approximate surface area is 113 Å². The third kappa shape index (κ3) is 3.51. The second kappa shape index (κ2) is 6.46. The Hall–Kier alpha value is -1.47. The van der Waals surface area contributed by atoms with Crippen molar-refractivity contribution in [1.82, 2.24) is 5.32 Å². The number of carbonyl (C=O) groups excluding carboxylic acids is 1.